The molecule has 0 atom stereocenters. The number of halogens is 2. The van der Waals surface area contributed by atoms with Gasteiger partial charge in [-0.05, 0) is 24.6 Å². The van der Waals surface area contributed by atoms with Gasteiger partial charge in [0.05, 0.1) is 16.7 Å². The monoisotopic (exact) mass is 288 g/mol. The molecule has 1 N–H and O–H groups in total. The highest BCUT2D eigenvalue weighted by atomic mass is 35.5. The minimum atomic E-state index is 0.566. The van der Waals surface area contributed by atoms with Crippen LogP contribution in [-0.4, -0.2) is 37.7 Å². The second-order valence-corrected chi connectivity index (χ2v) is 5.16. The van der Waals surface area contributed by atoms with Crippen molar-refractivity contribution >= 4 is 23.2 Å². The Kier molecular flexibility index (Phi) is 5.13. The predicted molar refractivity (Wildman–Crippen MR) is 75.8 cm³/mol. The number of piperazine rings is 1. The lowest BCUT2D eigenvalue weighted by atomic mass is 10.2. The number of hydrogen-bond donors (Lipinski definition) is 1. The van der Waals surface area contributed by atoms with E-state index in [2.05, 4.69) is 10.2 Å². The van der Waals surface area contributed by atoms with E-state index in [1.165, 1.54) is 0 Å². The van der Waals surface area contributed by atoms with Gasteiger partial charge in [-0.2, -0.15) is 0 Å². The standard InChI is InChI=1S/C13H18Cl2N2O/c1-2-18-13-11(14)7-10(8-12(13)15)9-17-5-3-16-4-6-17/h7-8,16H,2-6,9H2,1H3. The lowest BCUT2D eigenvalue weighted by Gasteiger charge is -2.27. The van der Waals surface area contributed by atoms with E-state index in [1.54, 1.807) is 0 Å². The first-order valence-corrected chi connectivity index (χ1v) is 7.00. The van der Waals surface area contributed by atoms with Crippen LogP contribution >= 0.6 is 23.2 Å². The van der Waals surface area contributed by atoms with E-state index in [0.717, 1.165) is 38.3 Å². The first-order chi connectivity index (χ1) is 8.70. The van der Waals surface area contributed by atoms with E-state index < -0.39 is 0 Å². The maximum atomic E-state index is 6.19. The molecule has 0 spiro atoms. The number of rotatable bonds is 4. The van der Waals surface area contributed by atoms with E-state index in [0.29, 0.717) is 22.4 Å². The largest absolute Gasteiger partial charge is 0.491 e. The van der Waals surface area contributed by atoms with Gasteiger partial charge < -0.3 is 10.1 Å². The van der Waals surface area contributed by atoms with Gasteiger partial charge in [0, 0.05) is 32.7 Å². The van der Waals surface area contributed by atoms with Crippen LogP contribution in [0.4, 0.5) is 0 Å². The topological polar surface area (TPSA) is 24.5 Å². The highest BCUT2D eigenvalue weighted by Crippen LogP contribution is 2.34. The summed E-state index contributed by atoms with van der Waals surface area (Å²) in [6.07, 6.45) is 0. The van der Waals surface area contributed by atoms with Crippen LogP contribution in [-0.2, 0) is 6.54 Å². The van der Waals surface area contributed by atoms with Crippen molar-refractivity contribution in [2.45, 2.75) is 13.5 Å². The fourth-order valence-electron chi connectivity index (χ4n) is 2.11. The highest BCUT2D eigenvalue weighted by Gasteiger charge is 2.13. The zero-order valence-corrected chi connectivity index (χ0v) is 12.0. The van der Waals surface area contributed by atoms with Crippen molar-refractivity contribution in [3.8, 4) is 5.75 Å². The summed E-state index contributed by atoms with van der Waals surface area (Å²) in [5, 5.41) is 4.52. The van der Waals surface area contributed by atoms with Crippen LogP contribution in [0.1, 0.15) is 12.5 Å². The Balaban J connectivity index is 2.09. The van der Waals surface area contributed by atoms with Gasteiger partial charge in [-0.15, -0.1) is 0 Å². The molecule has 2 rings (SSSR count). The maximum Gasteiger partial charge on any atom is 0.156 e. The third-order valence-electron chi connectivity index (χ3n) is 2.96. The molecule has 0 amide bonds. The van der Waals surface area contributed by atoms with Crippen molar-refractivity contribution < 1.29 is 4.74 Å². The SMILES string of the molecule is CCOc1c(Cl)cc(CN2CCNCC2)cc1Cl. The minimum absolute atomic E-state index is 0.566. The molecule has 18 heavy (non-hydrogen) atoms. The molecule has 1 heterocycles. The molecule has 1 aromatic rings. The quantitative estimate of drug-likeness (QED) is 0.922. The number of nitrogens with zero attached hydrogens (tertiary/aromatic N) is 1. The molecule has 0 saturated carbocycles. The Morgan fingerprint density at radius 2 is 1.83 bits per heavy atom. The van der Waals surface area contributed by atoms with Crippen LogP contribution in [0.5, 0.6) is 5.75 Å². The van der Waals surface area contributed by atoms with Crippen molar-refractivity contribution in [2.75, 3.05) is 32.8 Å². The zero-order valence-electron chi connectivity index (χ0n) is 10.5. The lowest BCUT2D eigenvalue weighted by molar-refractivity contribution is 0.233. The summed E-state index contributed by atoms with van der Waals surface area (Å²) < 4.78 is 5.42. The van der Waals surface area contributed by atoms with E-state index in [1.807, 2.05) is 19.1 Å². The Bertz CT molecular complexity index is 383. The van der Waals surface area contributed by atoms with Crippen molar-refractivity contribution in [3.05, 3.63) is 27.7 Å². The first-order valence-electron chi connectivity index (χ1n) is 6.24. The summed E-state index contributed by atoms with van der Waals surface area (Å²) in [6, 6.07) is 3.89. The maximum absolute atomic E-state index is 6.19. The molecule has 3 nitrogen and oxygen atoms in total. The van der Waals surface area contributed by atoms with Crippen LogP contribution in [0.2, 0.25) is 10.0 Å². The zero-order chi connectivity index (χ0) is 13.0. The average molecular weight is 289 g/mol. The predicted octanol–water partition coefficient (Wildman–Crippen LogP) is 2.80. The normalized spacial score (nSPS) is 16.8. The molecular formula is C13H18Cl2N2O. The van der Waals surface area contributed by atoms with Gasteiger partial charge in [0.25, 0.3) is 0 Å². The summed E-state index contributed by atoms with van der Waals surface area (Å²) in [6.45, 7) is 7.56. The van der Waals surface area contributed by atoms with Crippen LogP contribution in [0, 0.1) is 0 Å². The summed E-state index contributed by atoms with van der Waals surface area (Å²) in [4.78, 5) is 2.39. The molecule has 100 valence electrons. The van der Waals surface area contributed by atoms with E-state index in [-0.39, 0.29) is 0 Å². The van der Waals surface area contributed by atoms with E-state index in [4.69, 9.17) is 27.9 Å². The minimum Gasteiger partial charge on any atom is -0.491 e. The van der Waals surface area contributed by atoms with Crippen LogP contribution in [0.25, 0.3) is 0 Å². The Labute approximate surface area is 118 Å². The second kappa shape index (κ2) is 6.62. The number of ether oxygens (including phenoxy) is 1. The molecular weight excluding hydrogens is 271 g/mol. The Hall–Kier alpha value is -0.480. The lowest BCUT2D eigenvalue weighted by Crippen LogP contribution is -2.42. The van der Waals surface area contributed by atoms with Crippen LogP contribution in [0.15, 0.2) is 12.1 Å². The highest BCUT2D eigenvalue weighted by molar-refractivity contribution is 6.37. The van der Waals surface area contributed by atoms with Gasteiger partial charge in [-0.25, -0.2) is 0 Å². The van der Waals surface area contributed by atoms with Gasteiger partial charge >= 0.3 is 0 Å². The molecule has 5 heteroatoms. The van der Waals surface area contributed by atoms with Gasteiger partial charge in [0.1, 0.15) is 0 Å². The molecule has 1 fully saturated rings. The smallest absolute Gasteiger partial charge is 0.156 e. The molecule has 0 aliphatic carbocycles. The number of benzene rings is 1. The molecule has 1 saturated heterocycles. The van der Waals surface area contributed by atoms with Crippen molar-refractivity contribution in [2.24, 2.45) is 0 Å². The Morgan fingerprint density at radius 1 is 1.22 bits per heavy atom. The molecule has 0 radical (unpaired) electrons. The first kappa shape index (κ1) is 13.9. The summed E-state index contributed by atoms with van der Waals surface area (Å²) in [5.74, 6) is 0.588. The molecule has 0 bridgehead atoms. The van der Waals surface area contributed by atoms with Gasteiger partial charge in [-0.1, -0.05) is 23.2 Å². The summed E-state index contributed by atoms with van der Waals surface area (Å²) in [5.41, 5.74) is 1.13. The van der Waals surface area contributed by atoms with E-state index >= 15 is 0 Å². The van der Waals surface area contributed by atoms with Gasteiger partial charge in [0.15, 0.2) is 5.75 Å². The molecule has 1 aliphatic heterocycles. The summed E-state index contributed by atoms with van der Waals surface area (Å²) in [7, 11) is 0. The molecule has 1 aromatic carbocycles. The average Bonchev–Trinajstić information content (AvgIpc) is 2.35. The Morgan fingerprint density at radius 3 is 2.39 bits per heavy atom. The van der Waals surface area contributed by atoms with Crippen molar-refractivity contribution in [3.63, 3.8) is 0 Å². The van der Waals surface area contributed by atoms with Crippen LogP contribution in [0.3, 0.4) is 0 Å². The van der Waals surface area contributed by atoms with E-state index in [9.17, 15) is 0 Å². The number of hydrogen-bond acceptors (Lipinski definition) is 3. The van der Waals surface area contributed by atoms with Crippen LogP contribution < -0.4 is 10.1 Å². The van der Waals surface area contributed by atoms with Crippen molar-refractivity contribution in [1.29, 1.82) is 0 Å². The summed E-state index contributed by atoms with van der Waals surface area (Å²) >= 11 is 12.4. The second-order valence-electron chi connectivity index (χ2n) is 4.35. The number of nitrogens with one attached hydrogen (secondary N) is 1. The molecule has 0 unspecified atom stereocenters. The van der Waals surface area contributed by atoms with Gasteiger partial charge in [0.2, 0.25) is 0 Å². The third kappa shape index (κ3) is 3.51. The molecule has 1 aliphatic rings. The fraction of sp³-hybridized carbons (Fsp3) is 0.538. The fourth-order valence-corrected chi connectivity index (χ4v) is 2.75. The van der Waals surface area contributed by atoms with Gasteiger partial charge in [-0.3, -0.25) is 4.90 Å². The van der Waals surface area contributed by atoms with Crippen molar-refractivity contribution in [1.82, 2.24) is 10.2 Å². The third-order valence-corrected chi connectivity index (χ3v) is 3.52. The molecule has 0 aromatic heterocycles.